The van der Waals surface area contributed by atoms with Crippen molar-refractivity contribution in [2.45, 2.75) is 0 Å². The van der Waals surface area contributed by atoms with Crippen LogP contribution in [0, 0.1) is 4.91 Å². The molecule has 0 radical (unpaired) electrons. The van der Waals surface area contributed by atoms with Gasteiger partial charge in [0.1, 0.15) is 0 Å². The zero-order chi connectivity index (χ0) is 5.11. The molecule has 0 amide bonds. The average molecular weight is 135 g/mol. The number of rotatable bonds is 0. The molecule has 1 aliphatic rings. The van der Waals surface area contributed by atoms with Gasteiger partial charge in [-0.25, -0.2) is 4.99 Å². The highest BCUT2D eigenvalue weighted by molar-refractivity contribution is 5.85. The van der Waals surface area contributed by atoms with Gasteiger partial charge in [-0.3, -0.25) is 0 Å². The van der Waals surface area contributed by atoms with E-state index in [4.69, 9.17) is 0 Å². The Kier molecular flexibility index (Phi) is 2.95. The molecule has 0 saturated carbocycles. The molecule has 0 aromatic rings. The van der Waals surface area contributed by atoms with E-state index in [0.717, 1.165) is 0 Å². The van der Waals surface area contributed by atoms with E-state index in [9.17, 15) is 4.91 Å². The van der Waals surface area contributed by atoms with Gasteiger partial charge in [0, 0.05) is 0 Å². The molecule has 1 rings (SSSR count). The quantitative estimate of drug-likeness (QED) is 0.437. The van der Waals surface area contributed by atoms with Crippen LogP contribution in [0.5, 0.6) is 0 Å². The van der Waals surface area contributed by atoms with Crippen LogP contribution in [-0.2, 0) is 0 Å². The van der Waals surface area contributed by atoms with Gasteiger partial charge in [0.15, 0.2) is 0 Å². The third-order valence-electron chi connectivity index (χ3n) is 0.565. The van der Waals surface area contributed by atoms with Gasteiger partial charge in [-0.15, -0.1) is 12.4 Å². The van der Waals surface area contributed by atoms with Crippen LogP contribution in [-0.4, -0.2) is 24.1 Å². The molecule has 1 aliphatic heterocycles. The molecule has 0 aliphatic carbocycles. The van der Waals surface area contributed by atoms with Crippen LogP contribution in [0.4, 0.5) is 0 Å². The van der Waals surface area contributed by atoms with E-state index in [1.165, 1.54) is 12.7 Å². The van der Waals surface area contributed by atoms with Crippen molar-refractivity contribution in [1.82, 2.24) is 0 Å². The Labute approximate surface area is 52.3 Å². The van der Waals surface area contributed by atoms with Gasteiger partial charge in [0.05, 0.1) is 0 Å². The van der Waals surface area contributed by atoms with Crippen LogP contribution >= 0.6 is 12.4 Å². The minimum Gasteiger partial charge on any atom is -0.202 e. The lowest BCUT2D eigenvalue weighted by molar-refractivity contribution is -0.420. The largest absolute Gasteiger partial charge is 0.328 e. The number of nitroso groups, excluding NO2 is 1. The predicted octanol–water partition coefficient (Wildman–Crippen LogP) is 0.215. The number of hydrogen-bond acceptors (Lipinski definition) is 3. The highest BCUT2D eigenvalue weighted by Crippen LogP contribution is 1.76. The first-order chi connectivity index (χ1) is 3.39. The molecule has 1 heterocycles. The Balaban J connectivity index is 0.000000490. The molecule has 0 aromatic carbocycles. The summed E-state index contributed by atoms with van der Waals surface area (Å²) in [4.78, 5) is 17.1. The van der Waals surface area contributed by atoms with Crippen molar-refractivity contribution in [2.75, 3.05) is 6.67 Å². The minimum absolute atomic E-state index is 0. The fourth-order valence-electron chi connectivity index (χ4n) is 0.305. The van der Waals surface area contributed by atoms with Crippen molar-refractivity contribution in [3.05, 3.63) is 4.91 Å². The molecule has 0 saturated heterocycles. The number of hydrogen-bond donors (Lipinski definition) is 0. The van der Waals surface area contributed by atoms with Crippen LogP contribution in [0.2, 0.25) is 0 Å². The first kappa shape index (κ1) is 7.23. The molecule has 0 fully saturated rings. The van der Waals surface area contributed by atoms with E-state index >= 15 is 0 Å². The fraction of sp³-hybridized carbons (Fsp3) is 0.333. The van der Waals surface area contributed by atoms with Crippen LogP contribution in [0.1, 0.15) is 0 Å². The highest BCUT2D eigenvalue weighted by atomic mass is 35.5. The lowest BCUT2D eigenvalue weighted by Crippen LogP contribution is -2.08. The molecule has 0 atom stereocenters. The fourth-order valence-corrected chi connectivity index (χ4v) is 0.305. The van der Waals surface area contributed by atoms with Crippen molar-refractivity contribution in [3.8, 4) is 0 Å². The number of nitrogens with zero attached hydrogens (tertiary/aromatic N) is 3. The first-order valence-corrected chi connectivity index (χ1v) is 1.85. The summed E-state index contributed by atoms with van der Waals surface area (Å²) < 4.78 is 0.653. The number of halogens is 1. The summed E-state index contributed by atoms with van der Waals surface area (Å²) in [5.74, 6) is 0. The Hall–Kier alpha value is -0.770. The Morgan fingerprint density at radius 2 is 2.38 bits per heavy atom. The van der Waals surface area contributed by atoms with Gasteiger partial charge in [-0.2, -0.15) is 0 Å². The van der Waals surface area contributed by atoms with E-state index in [2.05, 4.69) is 9.98 Å². The Bertz CT molecular complexity index is 141. The third kappa shape index (κ3) is 1.79. The SMILES string of the molecule is Cl.O=[N+]1C=NC=NC1. The first-order valence-electron chi connectivity index (χ1n) is 1.85. The van der Waals surface area contributed by atoms with Crippen molar-refractivity contribution in [1.29, 1.82) is 0 Å². The van der Waals surface area contributed by atoms with Crippen LogP contribution < -0.4 is 0 Å². The Morgan fingerprint density at radius 1 is 1.62 bits per heavy atom. The van der Waals surface area contributed by atoms with Gasteiger partial charge in [-0.1, -0.05) is 4.91 Å². The Morgan fingerprint density at radius 3 is 2.62 bits per heavy atom. The monoisotopic (exact) mass is 134 g/mol. The smallest absolute Gasteiger partial charge is 0.202 e. The lowest BCUT2D eigenvalue weighted by atomic mass is 10.9. The average Bonchev–Trinajstić information content (AvgIpc) is 1.69. The molecular formula is C3H5ClN3O+. The molecule has 5 heteroatoms. The van der Waals surface area contributed by atoms with E-state index in [0.29, 0.717) is 4.76 Å². The van der Waals surface area contributed by atoms with Crippen LogP contribution in [0.3, 0.4) is 0 Å². The summed E-state index contributed by atoms with van der Waals surface area (Å²) in [6.07, 6.45) is 2.54. The van der Waals surface area contributed by atoms with Crippen molar-refractivity contribution in [2.24, 2.45) is 9.98 Å². The summed E-state index contributed by atoms with van der Waals surface area (Å²) in [6, 6.07) is 0. The topological polar surface area (TPSA) is 44.8 Å². The van der Waals surface area contributed by atoms with Crippen LogP contribution in [0.25, 0.3) is 0 Å². The summed E-state index contributed by atoms with van der Waals surface area (Å²) in [5.41, 5.74) is 0. The van der Waals surface area contributed by atoms with E-state index in [1.807, 2.05) is 0 Å². The second-order valence-corrected chi connectivity index (χ2v) is 1.12. The second-order valence-electron chi connectivity index (χ2n) is 1.12. The normalized spacial score (nSPS) is 15.8. The summed E-state index contributed by atoms with van der Waals surface area (Å²) >= 11 is 0. The van der Waals surface area contributed by atoms with Gasteiger partial charge >= 0.3 is 6.34 Å². The maximum Gasteiger partial charge on any atom is 0.328 e. The zero-order valence-electron chi connectivity index (χ0n) is 4.02. The van der Waals surface area contributed by atoms with Crippen molar-refractivity contribution in [3.63, 3.8) is 0 Å². The molecule has 0 bridgehead atoms. The molecule has 0 unspecified atom stereocenters. The number of aliphatic imine (C=N–C) groups is 2. The van der Waals surface area contributed by atoms with Gasteiger partial charge in [0.25, 0.3) is 0 Å². The van der Waals surface area contributed by atoms with Crippen molar-refractivity contribution >= 4 is 25.1 Å². The van der Waals surface area contributed by atoms with E-state index in [1.54, 1.807) is 0 Å². The van der Waals surface area contributed by atoms with Gasteiger partial charge < -0.3 is 0 Å². The predicted molar refractivity (Wildman–Crippen MR) is 32.7 cm³/mol. The van der Waals surface area contributed by atoms with Crippen molar-refractivity contribution < 1.29 is 4.76 Å². The maximum absolute atomic E-state index is 10.1. The summed E-state index contributed by atoms with van der Waals surface area (Å²) in [5, 5.41) is 0. The molecule has 44 valence electrons. The lowest BCUT2D eigenvalue weighted by Gasteiger charge is -1.81. The second kappa shape index (κ2) is 3.26. The standard InChI is InChI=1S/C3H4N3O.ClH/c7-6-2-4-1-5-3-6;/h1-2H,3H2;1H/q+1;. The maximum atomic E-state index is 10.1. The summed E-state index contributed by atoms with van der Waals surface area (Å²) in [7, 11) is 0. The van der Waals surface area contributed by atoms with Crippen LogP contribution in [0.15, 0.2) is 9.98 Å². The molecule has 0 aromatic heterocycles. The minimum atomic E-state index is 0. The van der Waals surface area contributed by atoms with Gasteiger partial charge in [-0.05, 0) is 9.75 Å². The molecular weight excluding hydrogens is 130 g/mol. The van der Waals surface area contributed by atoms with Gasteiger partial charge in [0.2, 0.25) is 13.0 Å². The molecule has 0 spiro atoms. The third-order valence-corrected chi connectivity index (χ3v) is 0.565. The van der Waals surface area contributed by atoms with E-state index in [-0.39, 0.29) is 19.1 Å². The molecule has 0 N–H and O–H groups in total. The molecule has 4 nitrogen and oxygen atoms in total. The van der Waals surface area contributed by atoms with E-state index < -0.39 is 0 Å². The molecule has 8 heavy (non-hydrogen) atoms. The summed E-state index contributed by atoms with van der Waals surface area (Å²) in [6.45, 7) is 0.184. The zero-order valence-corrected chi connectivity index (χ0v) is 4.84. The highest BCUT2D eigenvalue weighted by Gasteiger charge is 1.99.